The molecule has 6 heteroatoms. The zero-order valence-corrected chi connectivity index (χ0v) is 10.00. The quantitative estimate of drug-likeness (QED) is 0.846. The van der Waals surface area contributed by atoms with Crippen molar-refractivity contribution in [3.63, 3.8) is 0 Å². The highest BCUT2D eigenvalue weighted by Gasteiger charge is 2.42. The Kier molecular flexibility index (Phi) is 4.58. The maximum atomic E-state index is 12.4. The minimum absolute atomic E-state index is 0.0630. The molecule has 100 valence electrons. The van der Waals surface area contributed by atoms with E-state index in [4.69, 9.17) is 5.73 Å². The summed E-state index contributed by atoms with van der Waals surface area (Å²) in [7, 11) is 0. The number of halogens is 3. The van der Waals surface area contributed by atoms with Crippen LogP contribution in [-0.2, 0) is 11.3 Å². The first kappa shape index (κ1) is 14.3. The van der Waals surface area contributed by atoms with Crippen LogP contribution in [0.1, 0.15) is 18.9 Å². The monoisotopic (exact) mass is 260 g/mol. The third-order valence-electron chi connectivity index (χ3n) is 2.38. The zero-order chi connectivity index (χ0) is 13.8. The lowest BCUT2D eigenvalue weighted by Crippen LogP contribution is -2.41. The summed E-state index contributed by atoms with van der Waals surface area (Å²) in [6.07, 6.45) is -4.36. The van der Waals surface area contributed by atoms with Gasteiger partial charge >= 0.3 is 12.1 Å². The summed E-state index contributed by atoms with van der Waals surface area (Å²) in [6, 6.07) is 6.42. The minimum atomic E-state index is -4.83. The van der Waals surface area contributed by atoms with E-state index in [1.807, 2.05) is 0 Å². The number of hydrogen-bond acceptors (Lipinski definition) is 2. The average Bonchev–Trinajstić information content (AvgIpc) is 2.29. The number of nitrogens with zero attached hydrogens (tertiary/aromatic N) is 1. The van der Waals surface area contributed by atoms with Gasteiger partial charge in [0.25, 0.3) is 0 Å². The normalized spacial score (nSPS) is 11.3. The van der Waals surface area contributed by atoms with E-state index >= 15 is 0 Å². The van der Waals surface area contributed by atoms with Gasteiger partial charge in [-0.05, 0) is 24.1 Å². The predicted octanol–water partition coefficient (Wildman–Crippen LogP) is 2.57. The second kappa shape index (κ2) is 5.75. The number of hydrogen-bond donors (Lipinski definition) is 1. The fraction of sp³-hybridized carbons (Fsp3) is 0.417. The van der Waals surface area contributed by atoms with Crippen LogP contribution < -0.4 is 5.73 Å². The van der Waals surface area contributed by atoms with E-state index in [1.54, 1.807) is 31.2 Å². The predicted molar refractivity (Wildman–Crippen MR) is 62.6 cm³/mol. The van der Waals surface area contributed by atoms with Crippen molar-refractivity contribution < 1.29 is 18.0 Å². The van der Waals surface area contributed by atoms with Crippen molar-refractivity contribution in [3.8, 4) is 0 Å². The molecule has 1 aromatic carbocycles. The van der Waals surface area contributed by atoms with Gasteiger partial charge in [-0.15, -0.1) is 0 Å². The first-order valence-electron chi connectivity index (χ1n) is 5.55. The van der Waals surface area contributed by atoms with Crippen LogP contribution in [-0.4, -0.2) is 23.5 Å². The van der Waals surface area contributed by atoms with Gasteiger partial charge in [-0.1, -0.05) is 19.1 Å². The molecule has 0 aliphatic heterocycles. The summed E-state index contributed by atoms with van der Waals surface area (Å²) >= 11 is 0. The number of anilines is 1. The molecule has 0 atom stereocenters. The van der Waals surface area contributed by atoms with E-state index in [2.05, 4.69) is 0 Å². The van der Waals surface area contributed by atoms with E-state index in [9.17, 15) is 18.0 Å². The first-order valence-corrected chi connectivity index (χ1v) is 5.55. The van der Waals surface area contributed by atoms with Gasteiger partial charge in [0, 0.05) is 18.8 Å². The highest BCUT2D eigenvalue weighted by atomic mass is 19.4. The molecule has 0 aromatic heterocycles. The molecular weight excluding hydrogens is 245 g/mol. The molecule has 0 spiro atoms. The highest BCUT2D eigenvalue weighted by Crippen LogP contribution is 2.20. The summed E-state index contributed by atoms with van der Waals surface area (Å²) in [6.45, 7) is 1.73. The standard InChI is InChI=1S/C12H15F3N2O/c1-2-7-17(11(18)12(13,14)15)8-9-3-5-10(16)6-4-9/h3-6H,2,7-8,16H2,1H3. The Morgan fingerprint density at radius 3 is 2.28 bits per heavy atom. The number of rotatable bonds is 4. The fourth-order valence-electron chi connectivity index (χ4n) is 1.55. The van der Waals surface area contributed by atoms with Crippen molar-refractivity contribution in [1.29, 1.82) is 0 Å². The van der Waals surface area contributed by atoms with E-state index in [0.29, 0.717) is 17.7 Å². The van der Waals surface area contributed by atoms with Gasteiger partial charge < -0.3 is 10.6 Å². The van der Waals surface area contributed by atoms with Gasteiger partial charge in [-0.25, -0.2) is 0 Å². The first-order chi connectivity index (χ1) is 8.34. The molecule has 0 saturated heterocycles. The molecule has 0 aliphatic rings. The van der Waals surface area contributed by atoms with Crippen LogP contribution in [0.4, 0.5) is 18.9 Å². The molecule has 0 aliphatic carbocycles. The van der Waals surface area contributed by atoms with Crippen LogP contribution >= 0.6 is 0 Å². The van der Waals surface area contributed by atoms with Crippen molar-refractivity contribution in [2.75, 3.05) is 12.3 Å². The summed E-state index contributed by atoms with van der Waals surface area (Å²) < 4.78 is 37.1. The van der Waals surface area contributed by atoms with Gasteiger partial charge in [0.05, 0.1) is 0 Å². The van der Waals surface area contributed by atoms with Crippen molar-refractivity contribution in [1.82, 2.24) is 4.90 Å². The largest absolute Gasteiger partial charge is 0.471 e. The molecule has 0 unspecified atom stereocenters. The van der Waals surface area contributed by atoms with E-state index < -0.39 is 12.1 Å². The molecule has 0 saturated carbocycles. The Bertz CT molecular complexity index is 401. The zero-order valence-electron chi connectivity index (χ0n) is 10.00. The van der Waals surface area contributed by atoms with Gasteiger partial charge in [0.2, 0.25) is 0 Å². The molecule has 2 N–H and O–H groups in total. The van der Waals surface area contributed by atoms with Gasteiger partial charge in [-0.2, -0.15) is 13.2 Å². The number of amides is 1. The molecule has 0 bridgehead atoms. The number of carbonyl (C=O) groups is 1. The SMILES string of the molecule is CCCN(Cc1ccc(N)cc1)C(=O)C(F)(F)F. The molecule has 18 heavy (non-hydrogen) atoms. The summed E-state index contributed by atoms with van der Waals surface area (Å²) in [5, 5.41) is 0. The lowest BCUT2D eigenvalue weighted by molar-refractivity contribution is -0.186. The van der Waals surface area contributed by atoms with Gasteiger partial charge in [0.1, 0.15) is 0 Å². The Labute approximate surface area is 103 Å². The lowest BCUT2D eigenvalue weighted by Gasteiger charge is -2.23. The van der Waals surface area contributed by atoms with Crippen LogP contribution in [0.3, 0.4) is 0 Å². The van der Waals surface area contributed by atoms with Crippen molar-refractivity contribution in [3.05, 3.63) is 29.8 Å². The van der Waals surface area contributed by atoms with E-state index in [-0.39, 0.29) is 13.1 Å². The third kappa shape index (κ3) is 3.94. The van der Waals surface area contributed by atoms with Crippen molar-refractivity contribution in [2.45, 2.75) is 26.1 Å². The molecule has 1 aromatic rings. The van der Waals surface area contributed by atoms with Crippen LogP contribution in [0.25, 0.3) is 0 Å². The van der Waals surface area contributed by atoms with Gasteiger partial charge in [0.15, 0.2) is 0 Å². The third-order valence-corrected chi connectivity index (χ3v) is 2.38. The molecule has 0 radical (unpaired) electrons. The van der Waals surface area contributed by atoms with Gasteiger partial charge in [-0.3, -0.25) is 4.79 Å². The number of carbonyl (C=O) groups excluding carboxylic acids is 1. The molecule has 1 amide bonds. The maximum absolute atomic E-state index is 12.4. The van der Waals surface area contributed by atoms with E-state index in [1.165, 1.54) is 0 Å². The molecule has 1 rings (SSSR count). The number of nitrogens with two attached hydrogens (primary N) is 1. The topological polar surface area (TPSA) is 46.3 Å². The van der Waals surface area contributed by atoms with Crippen molar-refractivity contribution >= 4 is 11.6 Å². The Balaban J connectivity index is 2.80. The Morgan fingerprint density at radius 2 is 1.83 bits per heavy atom. The molecule has 0 heterocycles. The second-order valence-corrected chi connectivity index (χ2v) is 3.97. The van der Waals surface area contributed by atoms with Crippen molar-refractivity contribution in [2.24, 2.45) is 0 Å². The van der Waals surface area contributed by atoms with Crippen LogP contribution in [0.15, 0.2) is 24.3 Å². The molecule has 0 fully saturated rings. The average molecular weight is 260 g/mol. The fourth-order valence-corrected chi connectivity index (χ4v) is 1.55. The van der Waals surface area contributed by atoms with Crippen LogP contribution in [0, 0.1) is 0 Å². The summed E-state index contributed by atoms with van der Waals surface area (Å²) in [5.41, 5.74) is 6.64. The van der Waals surface area contributed by atoms with Crippen LogP contribution in [0.2, 0.25) is 0 Å². The number of benzene rings is 1. The summed E-state index contributed by atoms with van der Waals surface area (Å²) in [5.74, 6) is -1.80. The minimum Gasteiger partial charge on any atom is -0.399 e. The highest BCUT2D eigenvalue weighted by molar-refractivity contribution is 5.81. The van der Waals surface area contributed by atoms with E-state index in [0.717, 1.165) is 4.90 Å². The second-order valence-electron chi connectivity index (χ2n) is 3.97. The number of alkyl halides is 3. The lowest BCUT2D eigenvalue weighted by atomic mass is 10.2. The maximum Gasteiger partial charge on any atom is 0.471 e. The smallest absolute Gasteiger partial charge is 0.399 e. The Hall–Kier alpha value is -1.72. The Morgan fingerprint density at radius 1 is 1.28 bits per heavy atom. The summed E-state index contributed by atoms with van der Waals surface area (Å²) in [4.78, 5) is 12.0. The number of nitrogen functional groups attached to an aromatic ring is 1. The van der Waals surface area contributed by atoms with Crippen LogP contribution in [0.5, 0.6) is 0 Å². The molecule has 3 nitrogen and oxygen atoms in total. The molecular formula is C12H15F3N2O.